The molecule has 4 rings (SSSR count). The van der Waals surface area contributed by atoms with Crippen molar-refractivity contribution in [1.82, 2.24) is 14.9 Å². The standard InChI is InChI=1S/C31H40ClN5O3S/c1-18(2)40-28-16-24(23-14-21(6)37(8)22(7)15-23)20(5)13-27(28)35-31-33-17-25(32)30(36-31)34-26-11-9-10-12-29(26)41(38,39)19(3)4/h9-14,16-19,21-22H,15H2,1-8H3,(H2,33,34,35,36)/t21-,22+/m0/s1. The van der Waals surface area contributed by atoms with Gasteiger partial charge in [0.15, 0.2) is 15.7 Å². The molecule has 10 heteroatoms. The minimum absolute atomic E-state index is 0.0433. The van der Waals surface area contributed by atoms with E-state index < -0.39 is 15.1 Å². The number of para-hydroxylation sites is 1. The zero-order chi connectivity index (χ0) is 30.1. The van der Waals surface area contributed by atoms with Crippen LogP contribution < -0.4 is 15.4 Å². The van der Waals surface area contributed by atoms with Crippen LogP contribution in [-0.2, 0) is 9.84 Å². The van der Waals surface area contributed by atoms with Crippen molar-refractivity contribution in [3.05, 3.63) is 64.8 Å². The summed E-state index contributed by atoms with van der Waals surface area (Å²) in [5.74, 6) is 1.28. The Kier molecular flexibility index (Phi) is 9.31. The van der Waals surface area contributed by atoms with E-state index in [4.69, 9.17) is 16.3 Å². The molecule has 1 aliphatic heterocycles. The maximum atomic E-state index is 12.9. The summed E-state index contributed by atoms with van der Waals surface area (Å²) in [6.07, 6.45) is 4.72. The van der Waals surface area contributed by atoms with Crippen molar-refractivity contribution in [1.29, 1.82) is 0 Å². The van der Waals surface area contributed by atoms with Gasteiger partial charge in [-0.2, -0.15) is 4.98 Å². The smallest absolute Gasteiger partial charge is 0.229 e. The van der Waals surface area contributed by atoms with Gasteiger partial charge in [-0.1, -0.05) is 29.8 Å². The number of likely N-dealkylation sites (N-methyl/N-ethyl adjacent to an activating group) is 1. The highest BCUT2D eigenvalue weighted by Gasteiger charge is 2.25. The molecule has 0 radical (unpaired) electrons. The van der Waals surface area contributed by atoms with Crippen molar-refractivity contribution in [3.8, 4) is 5.75 Å². The van der Waals surface area contributed by atoms with Crippen molar-refractivity contribution in [3.63, 3.8) is 0 Å². The fourth-order valence-electron chi connectivity index (χ4n) is 4.86. The Labute approximate surface area is 249 Å². The highest BCUT2D eigenvalue weighted by molar-refractivity contribution is 7.92. The number of nitrogens with one attached hydrogen (secondary N) is 2. The Balaban J connectivity index is 1.69. The number of sulfone groups is 1. The van der Waals surface area contributed by atoms with E-state index in [1.807, 2.05) is 13.8 Å². The molecule has 0 fully saturated rings. The molecular formula is C31H40ClN5O3S. The number of ether oxygens (including phenoxy) is 1. The summed E-state index contributed by atoms with van der Waals surface area (Å²) in [6.45, 7) is 13.8. The summed E-state index contributed by atoms with van der Waals surface area (Å²) in [6, 6.07) is 11.6. The molecule has 3 aromatic rings. The molecule has 8 nitrogen and oxygen atoms in total. The van der Waals surface area contributed by atoms with E-state index in [0.29, 0.717) is 29.5 Å². The lowest BCUT2D eigenvalue weighted by atomic mass is 9.89. The quantitative estimate of drug-likeness (QED) is 0.263. The van der Waals surface area contributed by atoms with Crippen LogP contribution in [0.25, 0.3) is 5.57 Å². The molecule has 0 spiro atoms. The molecule has 0 unspecified atom stereocenters. The summed E-state index contributed by atoms with van der Waals surface area (Å²) >= 11 is 6.45. The number of benzene rings is 2. The van der Waals surface area contributed by atoms with E-state index in [-0.39, 0.29) is 21.8 Å². The average Bonchev–Trinajstić information content (AvgIpc) is 2.90. The van der Waals surface area contributed by atoms with E-state index in [0.717, 1.165) is 17.7 Å². The predicted molar refractivity (Wildman–Crippen MR) is 169 cm³/mol. The Morgan fingerprint density at radius 2 is 1.78 bits per heavy atom. The second kappa shape index (κ2) is 12.4. The maximum Gasteiger partial charge on any atom is 0.229 e. The molecule has 2 N–H and O–H groups in total. The molecule has 0 aliphatic carbocycles. The van der Waals surface area contributed by atoms with Gasteiger partial charge >= 0.3 is 0 Å². The van der Waals surface area contributed by atoms with Crippen LogP contribution in [-0.4, -0.2) is 53.8 Å². The van der Waals surface area contributed by atoms with Gasteiger partial charge in [0.1, 0.15) is 10.8 Å². The van der Waals surface area contributed by atoms with Crippen LogP contribution in [0, 0.1) is 6.92 Å². The second-order valence-corrected chi connectivity index (χ2v) is 14.1. The van der Waals surface area contributed by atoms with Crippen molar-refractivity contribution in [2.75, 3.05) is 17.7 Å². The van der Waals surface area contributed by atoms with Gasteiger partial charge in [0, 0.05) is 12.1 Å². The van der Waals surface area contributed by atoms with Crippen molar-refractivity contribution in [2.24, 2.45) is 0 Å². The number of anilines is 4. The first kappa shape index (κ1) is 30.8. The minimum atomic E-state index is -3.53. The van der Waals surface area contributed by atoms with Gasteiger partial charge in [-0.15, -0.1) is 0 Å². The van der Waals surface area contributed by atoms with Crippen LogP contribution in [0.2, 0.25) is 5.02 Å². The van der Waals surface area contributed by atoms with Gasteiger partial charge in [0.05, 0.1) is 33.8 Å². The van der Waals surface area contributed by atoms with Crippen LogP contribution in [0.5, 0.6) is 5.75 Å². The Morgan fingerprint density at radius 3 is 2.44 bits per heavy atom. The number of aryl methyl sites for hydroxylation is 1. The molecule has 2 heterocycles. The second-order valence-electron chi connectivity index (χ2n) is 11.2. The van der Waals surface area contributed by atoms with E-state index >= 15 is 0 Å². The fraction of sp³-hybridized carbons (Fsp3) is 0.419. The van der Waals surface area contributed by atoms with E-state index in [9.17, 15) is 8.42 Å². The van der Waals surface area contributed by atoms with Crippen LogP contribution in [0.15, 0.2) is 53.6 Å². The maximum absolute atomic E-state index is 12.9. The monoisotopic (exact) mass is 597 g/mol. The van der Waals surface area contributed by atoms with Gasteiger partial charge in [0.2, 0.25) is 5.95 Å². The molecule has 0 bridgehead atoms. The summed E-state index contributed by atoms with van der Waals surface area (Å²) in [4.78, 5) is 11.5. The molecule has 0 amide bonds. The summed E-state index contributed by atoms with van der Waals surface area (Å²) < 4.78 is 32.1. The number of aromatic nitrogens is 2. The number of hydrogen-bond acceptors (Lipinski definition) is 8. The molecule has 0 saturated heterocycles. The third-order valence-electron chi connectivity index (χ3n) is 7.39. The lowest BCUT2D eigenvalue weighted by Crippen LogP contribution is -2.39. The molecule has 1 aliphatic rings. The largest absolute Gasteiger partial charge is 0.489 e. The van der Waals surface area contributed by atoms with Crippen LogP contribution in [0.4, 0.5) is 23.1 Å². The first-order valence-electron chi connectivity index (χ1n) is 13.9. The molecule has 220 valence electrons. The first-order valence-corrected chi connectivity index (χ1v) is 15.8. The summed E-state index contributed by atoms with van der Waals surface area (Å²) in [7, 11) is -1.37. The minimum Gasteiger partial charge on any atom is -0.489 e. The normalized spacial score (nSPS) is 18.0. The first-order chi connectivity index (χ1) is 19.3. The zero-order valence-electron chi connectivity index (χ0n) is 25.0. The number of rotatable bonds is 9. The molecule has 1 aromatic heterocycles. The SMILES string of the molecule is Cc1cc(Nc2ncc(Cl)c(Nc3ccccc3S(=O)(=O)C(C)C)n2)c(OC(C)C)cc1C1=C[C@H](C)N(C)[C@H](C)C1. The van der Waals surface area contributed by atoms with Crippen LogP contribution in [0.3, 0.4) is 0 Å². The lowest BCUT2D eigenvalue weighted by molar-refractivity contribution is 0.220. The summed E-state index contributed by atoms with van der Waals surface area (Å²) in [5.41, 5.74) is 4.71. The highest BCUT2D eigenvalue weighted by atomic mass is 35.5. The number of hydrogen-bond donors (Lipinski definition) is 2. The van der Waals surface area contributed by atoms with E-state index in [1.54, 1.807) is 38.1 Å². The van der Waals surface area contributed by atoms with Crippen molar-refractivity contribution < 1.29 is 13.2 Å². The van der Waals surface area contributed by atoms with Gasteiger partial charge < -0.3 is 15.4 Å². The van der Waals surface area contributed by atoms with Gasteiger partial charge in [0.25, 0.3) is 0 Å². The molecular weight excluding hydrogens is 558 g/mol. The van der Waals surface area contributed by atoms with Gasteiger partial charge in [-0.05, 0) is 103 Å². The molecule has 41 heavy (non-hydrogen) atoms. The van der Waals surface area contributed by atoms with E-state index in [1.165, 1.54) is 17.3 Å². The molecule has 2 atom stereocenters. The van der Waals surface area contributed by atoms with Crippen molar-refractivity contribution in [2.45, 2.75) is 83.2 Å². The van der Waals surface area contributed by atoms with Crippen molar-refractivity contribution >= 4 is 50.2 Å². The van der Waals surface area contributed by atoms with Gasteiger partial charge in [-0.25, -0.2) is 13.4 Å². The zero-order valence-corrected chi connectivity index (χ0v) is 26.6. The fourth-order valence-corrected chi connectivity index (χ4v) is 6.20. The Hall–Kier alpha value is -3.14. The predicted octanol–water partition coefficient (Wildman–Crippen LogP) is 7.39. The number of halogens is 1. The highest BCUT2D eigenvalue weighted by Crippen LogP contribution is 2.38. The lowest BCUT2D eigenvalue weighted by Gasteiger charge is -2.35. The number of nitrogens with zero attached hydrogens (tertiary/aromatic N) is 3. The summed E-state index contributed by atoms with van der Waals surface area (Å²) in [5, 5.41) is 6.08. The van der Waals surface area contributed by atoms with Gasteiger partial charge in [-0.3, -0.25) is 4.90 Å². The Bertz CT molecular complexity index is 1560. The Morgan fingerprint density at radius 1 is 1.07 bits per heavy atom. The molecule has 0 saturated carbocycles. The third-order valence-corrected chi connectivity index (χ3v) is 9.88. The topological polar surface area (TPSA) is 96.5 Å². The van der Waals surface area contributed by atoms with Crippen LogP contribution >= 0.6 is 11.6 Å². The molecule has 2 aromatic carbocycles. The van der Waals surface area contributed by atoms with Crippen LogP contribution in [0.1, 0.15) is 59.1 Å². The third kappa shape index (κ3) is 6.85. The average molecular weight is 598 g/mol. The van der Waals surface area contributed by atoms with E-state index in [2.05, 4.69) is 71.5 Å².